The fourth-order valence-electron chi connectivity index (χ4n) is 2.79. The monoisotopic (exact) mass is 292 g/mol. The number of hydrogen-bond donors (Lipinski definition) is 1. The van der Waals surface area contributed by atoms with Crippen LogP contribution in [0.4, 0.5) is 4.79 Å². The van der Waals surface area contributed by atoms with Gasteiger partial charge in [-0.2, -0.15) is 0 Å². The van der Waals surface area contributed by atoms with Crippen molar-refractivity contribution in [2.24, 2.45) is 5.41 Å². The van der Waals surface area contributed by atoms with E-state index in [4.69, 9.17) is 4.42 Å². The van der Waals surface area contributed by atoms with E-state index in [-0.39, 0.29) is 18.6 Å². The van der Waals surface area contributed by atoms with Gasteiger partial charge in [0.05, 0.1) is 18.2 Å². The third-order valence-electron chi connectivity index (χ3n) is 4.40. The number of urea groups is 1. The second kappa shape index (κ2) is 5.09. The molecule has 1 saturated carbocycles. The third-order valence-corrected chi connectivity index (χ3v) is 4.40. The molecule has 1 atom stereocenters. The Hall–Kier alpha value is -1.98. The van der Waals surface area contributed by atoms with Crippen LogP contribution >= 0.6 is 0 Å². The van der Waals surface area contributed by atoms with E-state index in [1.165, 1.54) is 0 Å². The Morgan fingerprint density at radius 2 is 2.29 bits per heavy atom. The van der Waals surface area contributed by atoms with Crippen molar-refractivity contribution in [3.05, 3.63) is 24.2 Å². The molecule has 1 aliphatic carbocycles. The molecular weight excluding hydrogens is 272 g/mol. The lowest BCUT2D eigenvalue weighted by atomic mass is 9.90. The number of carboxylic acid groups (broad SMARTS) is 1. The molecule has 1 unspecified atom stereocenters. The molecule has 1 N–H and O–H groups in total. The molecule has 0 spiro atoms. The van der Waals surface area contributed by atoms with Gasteiger partial charge in [-0.05, 0) is 38.3 Å². The summed E-state index contributed by atoms with van der Waals surface area (Å²) in [5.41, 5.74) is -0.824. The molecular formula is C15H20N2O4. The number of aliphatic carboxylic acids is 1. The van der Waals surface area contributed by atoms with Crippen LogP contribution < -0.4 is 0 Å². The topological polar surface area (TPSA) is 74.0 Å². The fourth-order valence-corrected chi connectivity index (χ4v) is 2.79. The Labute approximate surface area is 123 Å². The molecule has 1 aliphatic heterocycles. The molecule has 1 aromatic rings. The van der Waals surface area contributed by atoms with Gasteiger partial charge in [-0.1, -0.05) is 0 Å². The zero-order valence-corrected chi connectivity index (χ0v) is 12.1. The summed E-state index contributed by atoms with van der Waals surface area (Å²) >= 11 is 0. The summed E-state index contributed by atoms with van der Waals surface area (Å²) in [7, 11) is 0. The minimum atomic E-state index is -0.832. The molecule has 1 saturated heterocycles. The number of carboxylic acids is 1. The van der Waals surface area contributed by atoms with E-state index in [2.05, 4.69) is 0 Å². The molecule has 0 bridgehead atoms. The summed E-state index contributed by atoms with van der Waals surface area (Å²) in [6, 6.07) is 3.86. The molecule has 0 aromatic carbocycles. The molecule has 21 heavy (non-hydrogen) atoms. The second-order valence-corrected chi connectivity index (χ2v) is 6.26. The van der Waals surface area contributed by atoms with E-state index in [0.29, 0.717) is 19.5 Å². The maximum atomic E-state index is 12.7. The molecule has 2 fully saturated rings. The van der Waals surface area contributed by atoms with Gasteiger partial charge in [-0.15, -0.1) is 0 Å². The molecule has 6 heteroatoms. The van der Waals surface area contributed by atoms with Gasteiger partial charge in [0.15, 0.2) is 0 Å². The highest BCUT2D eigenvalue weighted by molar-refractivity contribution is 5.79. The number of amides is 2. The van der Waals surface area contributed by atoms with Crippen LogP contribution in [0, 0.1) is 5.41 Å². The van der Waals surface area contributed by atoms with Crippen molar-refractivity contribution in [1.29, 1.82) is 0 Å². The lowest BCUT2D eigenvalue weighted by Crippen LogP contribution is -2.44. The van der Waals surface area contributed by atoms with Gasteiger partial charge in [0.2, 0.25) is 0 Å². The molecule has 2 amide bonds. The Morgan fingerprint density at radius 1 is 1.52 bits per heavy atom. The first-order valence-corrected chi connectivity index (χ1v) is 7.31. The molecule has 1 aromatic heterocycles. The summed E-state index contributed by atoms with van der Waals surface area (Å²) in [5, 5.41) is 9.27. The van der Waals surface area contributed by atoms with Gasteiger partial charge in [-0.3, -0.25) is 4.79 Å². The van der Waals surface area contributed by atoms with E-state index in [1.807, 2.05) is 17.0 Å². The Morgan fingerprint density at radius 3 is 2.81 bits per heavy atom. The van der Waals surface area contributed by atoms with Crippen LogP contribution in [0.3, 0.4) is 0 Å². The summed E-state index contributed by atoms with van der Waals surface area (Å²) in [6.45, 7) is 2.94. The fraction of sp³-hybridized carbons (Fsp3) is 0.600. The van der Waals surface area contributed by atoms with E-state index in [9.17, 15) is 14.7 Å². The molecule has 114 valence electrons. The van der Waals surface area contributed by atoms with E-state index in [1.54, 1.807) is 18.1 Å². The number of carbonyl (C=O) groups excluding carboxylic acids is 1. The van der Waals surface area contributed by atoms with Gasteiger partial charge < -0.3 is 19.3 Å². The van der Waals surface area contributed by atoms with Gasteiger partial charge >= 0.3 is 12.0 Å². The molecule has 3 rings (SSSR count). The smallest absolute Gasteiger partial charge is 0.320 e. The number of likely N-dealkylation sites (tertiary alicyclic amines) is 1. The first-order chi connectivity index (χ1) is 9.99. The number of furan rings is 1. The number of rotatable bonds is 4. The van der Waals surface area contributed by atoms with Crippen LogP contribution in [0.1, 0.15) is 31.9 Å². The highest BCUT2D eigenvalue weighted by Gasteiger charge is 2.45. The first kappa shape index (κ1) is 14.0. The zero-order valence-electron chi connectivity index (χ0n) is 12.1. The van der Waals surface area contributed by atoms with Crippen molar-refractivity contribution in [2.45, 2.75) is 38.8 Å². The largest absolute Gasteiger partial charge is 0.481 e. The standard InChI is InChI=1S/C15H20N2O4/c1-15(13(18)19)6-7-16(10-15)14(20)17(11-4-5-11)9-12-3-2-8-21-12/h2-3,8,11H,4-7,9-10H2,1H3,(H,18,19). The minimum Gasteiger partial charge on any atom is -0.481 e. The van der Waals surface area contributed by atoms with Crippen molar-refractivity contribution in [3.63, 3.8) is 0 Å². The van der Waals surface area contributed by atoms with E-state index < -0.39 is 11.4 Å². The maximum Gasteiger partial charge on any atom is 0.320 e. The summed E-state index contributed by atoms with van der Waals surface area (Å²) in [5.74, 6) is -0.0720. The lowest BCUT2D eigenvalue weighted by Gasteiger charge is -2.28. The van der Waals surface area contributed by atoms with Gasteiger partial charge in [0, 0.05) is 19.1 Å². The molecule has 0 radical (unpaired) electrons. The van der Waals surface area contributed by atoms with Gasteiger partial charge in [0.25, 0.3) is 0 Å². The quantitative estimate of drug-likeness (QED) is 0.923. The van der Waals surface area contributed by atoms with Gasteiger partial charge in [-0.25, -0.2) is 4.79 Å². The summed E-state index contributed by atoms with van der Waals surface area (Å²) in [6.07, 6.45) is 4.13. The van der Waals surface area contributed by atoms with Crippen LogP contribution in [0.25, 0.3) is 0 Å². The van der Waals surface area contributed by atoms with Crippen LogP contribution in [-0.2, 0) is 11.3 Å². The predicted octanol–water partition coefficient (Wildman–Crippen LogP) is 2.16. The molecule has 2 aliphatic rings. The van der Waals surface area contributed by atoms with Gasteiger partial charge in [0.1, 0.15) is 5.76 Å². The van der Waals surface area contributed by atoms with Crippen molar-refractivity contribution < 1.29 is 19.1 Å². The first-order valence-electron chi connectivity index (χ1n) is 7.31. The van der Waals surface area contributed by atoms with Crippen molar-refractivity contribution in [1.82, 2.24) is 9.80 Å². The third kappa shape index (κ3) is 2.75. The molecule has 2 heterocycles. The Kier molecular flexibility index (Phi) is 3.39. The Bertz CT molecular complexity index is 538. The number of carbonyl (C=O) groups is 2. The van der Waals surface area contributed by atoms with Crippen LogP contribution in [0.5, 0.6) is 0 Å². The minimum absolute atomic E-state index is 0.0705. The van der Waals surface area contributed by atoms with Crippen LogP contribution in [-0.4, -0.2) is 46.0 Å². The average molecular weight is 292 g/mol. The zero-order chi connectivity index (χ0) is 15.0. The summed E-state index contributed by atoms with van der Waals surface area (Å²) < 4.78 is 5.33. The highest BCUT2D eigenvalue weighted by Crippen LogP contribution is 2.34. The average Bonchev–Trinajstić information content (AvgIpc) is 2.99. The molecule has 6 nitrogen and oxygen atoms in total. The SMILES string of the molecule is CC1(C(=O)O)CCN(C(=O)N(Cc2ccco2)C2CC2)C1. The van der Waals surface area contributed by atoms with Crippen molar-refractivity contribution >= 4 is 12.0 Å². The van der Waals surface area contributed by atoms with E-state index in [0.717, 1.165) is 18.6 Å². The Balaban J connectivity index is 1.69. The normalized spacial score (nSPS) is 25.1. The highest BCUT2D eigenvalue weighted by atomic mass is 16.4. The lowest BCUT2D eigenvalue weighted by molar-refractivity contribution is -0.147. The van der Waals surface area contributed by atoms with Crippen molar-refractivity contribution in [3.8, 4) is 0 Å². The van der Waals surface area contributed by atoms with Crippen molar-refractivity contribution in [2.75, 3.05) is 13.1 Å². The summed E-state index contributed by atoms with van der Waals surface area (Å²) in [4.78, 5) is 27.5. The number of hydrogen-bond acceptors (Lipinski definition) is 3. The van der Waals surface area contributed by atoms with E-state index >= 15 is 0 Å². The second-order valence-electron chi connectivity index (χ2n) is 6.26. The maximum absolute atomic E-state index is 12.7. The number of nitrogens with zero attached hydrogens (tertiary/aromatic N) is 2. The van der Waals surface area contributed by atoms with Crippen LogP contribution in [0.2, 0.25) is 0 Å². The predicted molar refractivity (Wildman–Crippen MR) is 74.6 cm³/mol. The van der Waals surface area contributed by atoms with Crippen LogP contribution in [0.15, 0.2) is 22.8 Å².